The number of nitrogens with zero attached hydrogens (tertiary/aromatic N) is 4. The molecule has 20 heavy (non-hydrogen) atoms. The van der Waals surface area contributed by atoms with Gasteiger partial charge < -0.3 is 4.42 Å². The van der Waals surface area contributed by atoms with Crippen LogP contribution in [0.1, 0.15) is 17.4 Å². The van der Waals surface area contributed by atoms with Gasteiger partial charge in [-0.1, -0.05) is 5.10 Å². The maximum atomic E-state index is 12.1. The molecule has 3 aromatic heterocycles. The molecule has 8 heteroatoms. The van der Waals surface area contributed by atoms with Crippen molar-refractivity contribution in [3.8, 4) is 11.5 Å². The molecule has 3 aromatic rings. The van der Waals surface area contributed by atoms with E-state index < -0.39 is 0 Å². The molecule has 0 bridgehead atoms. The first-order chi connectivity index (χ1) is 9.78. The van der Waals surface area contributed by atoms with Crippen molar-refractivity contribution >= 4 is 23.3 Å². The van der Waals surface area contributed by atoms with Crippen molar-refractivity contribution in [3.05, 3.63) is 34.8 Å². The van der Waals surface area contributed by atoms with E-state index in [4.69, 9.17) is 4.42 Å². The Morgan fingerprint density at radius 1 is 1.45 bits per heavy atom. The fourth-order valence-electron chi connectivity index (χ4n) is 1.72. The zero-order valence-electron chi connectivity index (χ0n) is 10.6. The van der Waals surface area contributed by atoms with E-state index in [1.165, 1.54) is 11.3 Å². The van der Waals surface area contributed by atoms with Crippen LogP contribution < -0.4 is 5.32 Å². The van der Waals surface area contributed by atoms with Crippen LogP contribution in [0.4, 0.5) is 6.01 Å². The van der Waals surface area contributed by atoms with Crippen LogP contribution in [0.2, 0.25) is 0 Å². The minimum atomic E-state index is -0.329. The van der Waals surface area contributed by atoms with Crippen molar-refractivity contribution in [2.24, 2.45) is 0 Å². The topological polar surface area (TPSA) is 85.8 Å². The Morgan fingerprint density at radius 2 is 2.35 bits per heavy atom. The Hall–Kier alpha value is -2.48. The van der Waals surface area contributed by atoms with Crippen LogP contribution in [-0.2, 0) is 6.54 Å². The fourth-order valence-corrected chi connectivity index (χ4v) is 2.34. The van der Waals surface area contributed by atoms with Crippen LogP contribution in [0, 0.1) is 0 Å². The van der Waals surface area contributed by atoms with Gasteiger partial charge in [0.2, 0.25) is 0 Å². The van der Waals surface area contributed by atoms with Crippen LogP contribution >= 0.6 is 11.3 Å². The van der Waals surface area contributed by atoms with Crippen LogP contribution in [0.3, 0.4) is 0 Å². The van der Waals surface area contributed by atoms with Gasteiger partial charge in [0.15, 0.2) is 0 Å². The monoisotopic (exact) mass is 289 g/mol. The van der Waals surface area contributed by atoms with E-state index in [1.54, 1.807) is 16.9 Å². The van der Waals surface area contributed by atoms with E-state index >= 15 is 0 Å². The Bertz CT molecular complexity index is 716. The van der Waals surface area contributed by atoms with E-state index in [2.05, 4.69) is 20.6 Å². The predicted octanol–water partition coefficient (Wildman–Crippen LogP) is 2.27. The summed E-state index contributed by atoms with van der Waals surface area (Å²) in [6.45, 7) is 2.52. The molecule has 1 N–H and O–H groups in total. The molecule has 0 fully saturated rings. The standard InChI is InChI=1S/C12H11N5O2S/c1-2-17-9(3-5-13-17)10(18)14-12-16-15-11(19-12)8-4-6-20-7-8/h3-7H,2H2,1H3,(H,14,16,18). The van der Waals surface area contributed by atoms with E-state index in [-0.39, 0.29) is 11.9 Å². The number of aryl methyl sites for hydroxylation is 1. The number of anilines is 1. The van der Waals surface area contributed by atoms with Gasteiger partial charge in [-0.25, -0.2) is 0 Å². The van der Waals surface area contributed by atoms with Gasteiger partial charge in [-0.2, -0.15) is 16.4 Å². The lowest BCUT2D eigenvalue weighted by molar-refractivity contribution is 0.101. The number of amides is 1. The van der Waals surface area contributed by atoms with Gasteiger partial charge >= 0.3 is 6.01 Å². The average Bonchev–Trinajstić information content (AvgIpc) is 3.19. The summed E-state index contributed by atoms with van der Waals surface area (Å²) in [5.41, 5.74) is 1.28. The maximum absolute atomic E-state index is 12.1. The normalized spacial score (nSPS) is 10.7. The van der Waals surface area contributed by atoms with E-state index in [9.17, 15) is 4.79 Å². The van der Waals surface area contributed by atoms with Crippen LogP contribution in [0.5, 0.6) is 0 Å². The third-order valence-corrected chi connectivity index (χ3v) is 3.35. The van der Waals surface area contributed by atoms with E-state index in [0.717, 1.165) is 5.56 Å². The lowest BCUT2D eigenvalue weighted by Crippen LogP contribution is -2.17. The molecule has 3 heterocycles. The number of carbonyl (C=O) groups is 1. The van der Waals surface area contributed by atoms with Gasteiger partial charge in [-0.3, -0.25) is 14.8 Å². The Kier molecular flexibility index (Phi) is 3.30. The summed E-state index contributed by atoms with van der Waals surface area (Å²) in [5.74, 6) is 0.0513. The highest BCUT2D eigenvalue weighted by molar-refractivity contribution is 7.08. The molecule has 0 saturated heterocycles. The second kappa shape index (κ2) is 5.25. The van der Waals surface area contributed by atoms with Gasteiger partial charge in [0.1, 0.15) is 5.69 Å². The summed E-state index contributed by atoms with van der Waals surface area (Å²) in [7, 11) is 0. The maximum Gasteiger partial charge on any atom is 0.322 e. The molecule has 0 saturated carbocycles. The number of nitrogens with one attached hydrogen (secondary N) is 1. The summed E-state index contributed by atoms with van der Waals surface area (Å²) >= 11 is 1.53. The Labute approximate surface area is 118 Å². The second-order valence-corrected chi connectivity index (χ2v) is 4.69. The molecular weight excluding hydrogens is 278 g/mol. The summed E-state index contributed by atoms with van der Waals surface area (Å²) in [6.07, 6.45) is 1.57. The molecule has 1 amide bonds. The van der Waals surface area contributed by atoms with Crippen molar-refractivity contribution in [1.82, 2.24) is 20.0 Å². The number of carbonyl (C=O) groups excluding carboxylic acids is 1. The van der Waals surface area contributed by atoms with Gasteiger partial charge in [0.05, 0.1) is 0 Å². The summed E-state index contributed by atoms with van der Waals surface area (Å²) in [4.78, 5) is 12.1. The van der Waals surface area contributed by atoms with Gasteiger partial charge in [0, 0.05) is 23.7 Å². The number of rotatable bonds is 4. The van der Waals surface area contributed by atoms with Gasteiger partial charge in [0.25, 0.3) is 11.8 Å². The Balaban J connectivity index is 1.77. The molecule has 0 aliphatic rings. The predicted molar refractivity (Wildman–Crippen MR) is 73.5 cm³/mol. The SMILES string of the molecule is CCn1nccc1C(=O)Nc1nnc(-c2ccsc2)o1. The zero-order valence-corrected chi connectivity index (χ0v) is 11.4. The fraction of sp³-hybridized carbons (Fsp3) is 0.167. The average molecular weight is 289 g/mol. The minimum Gasteiger partial charge on any atom is -0.403 e. The first-order valence-corrected chi connectivity index (χ1v) is 6.91. The minimum absolute atomic E-state index is 0.0695. The molecule has 0 atom stereocenters. The first kappa shape index (κ1) is 12.5. The molecule has 3 rings (SSSR count). The van der Waals surface area contributed by atoms with Gasteiger partial charge in [-0.05, 0) is 24.4 Å². The molecule has 0 aliphatic carbocycles. The third-order valence-electron chi connectivity index (χ3n) is 2.66. The zero-order chi connectivity index (χ0) is 13.9. The highest BCUT2D eigenvalue weighted by atomic mass is 32.1. The molecule has 0 radical (unpaired) electrons. The van der Waals surface area contributed by atoms with Crippen molar-refractivity contribution in [2.75, 3.05) is 5.32 Å². The number of aromatic nitrogens is 4. The molecule has 0 spiro atoms. The van der Waals surface area contributed by atoms with E-state index in [1.807, 2.05) is 23.8 Å². The van der Waals surface area contributed by atoms with Crippen LogP contribution in [0.15, 0.2) is 33.5 Å². The van der Waals surface area contributed by atoms with Crippen LogP contribution in [-0.4, -0.2) is 25.9 Å². The highest BCUT2D eigenvalue weighted by Crippen LogP contribution is 2.22. The highest BCUT2D eigenvalue weighted by Gasteiger charge is 2.15. The van der Waals surface area contributed by atoms with Crippen molar-refractivity contribution in [1.29, 1.82) is 0 Å². The smallest absolute Gasteiger partial charge is 0.322 e. The summed E-state index contributed by atoms with van der Waals surface area (Å²) in [6, 6.07) is 3.57. The molecule has 0 unspecified atom stereocenters. The largest absolute Gasteiger partial charge is 0.403 e. The third kappa shape index (κ3) is 2.32. The molecule has 0 aromatic carbocycles. The van der Waals surface area contributed by atoms with Crippen molar-refractivity contribution in [3.63, 3.8) is 0 Å². The number of thiophene rings is 1. The lowest BCUT2D eigenvalue weighted by atomic mass is 10.3. The molecule has 0 aliphatic heterocycles. The quantitative estimate of drug-likeness (QED) is 0.796. The Morgan fingerprint density at radius 3 is 3.10 bits per heavy atom. The number of hydrogen-bond donors (Lipinski definition) is 1. The second-order valence-electron chi connectivity index (χ2n) is 3.91. The molecule has 7 nitrogen and oxygen atoms in total. The first-order valence-electron chi connectivity index (χ1n) is 5.97. The lowest BCUT2D eigenvalue weighted by Gasteiger charge is -2.02. The van der Waals surface area contributed by atoms with Crippen LogP contribution in [0.25, 0.3) is 11.5 Å². The number of hydrogen-bond acceptors (Lipinski definition) is 6. The van der Waals surface area contributed by atoms with E-state index in [0.29, 0.717) is 18.1 Å². The molecule has 102 valence electrons. The molecular formula is C12H11N5O2S. The van der Waals surface area contributed by atoms with Crippen molar-refractivity contribution < 1.29 is 9.21 Å². The summed E-state index contributed by atoms with van der Waals surface area (Å²) in [5, 5.41) is 18.1. The van der Waals surface area contributed by atoms with Crippen molar-refractivity contribution in [2.45, 2.75) is 13.5 Å². The summed E-state index contributed by atoms with van der Waals surface area (Å²) < 4.78 is 6.98. The van der Waals surface area contributed by atoms with Gasteiger partial charge in [-0.15, -0.1) is 5.10 Å².